The molecule has 4 N–H and O–H groups in total. The first kappa shape index (κ1) is 25.9. The molecule has 0 fully saturated rings. The van der Waals surface area contributed by atoms with Gasteiger partial charge in [-0.2, -0.15) is 0 Å². The van der Waals surface area contributed by atoms with Gasteiger partial charge in [-0.25, -0.2) is 4.98 Å². The lowest BCUT2D eigenvalue weighted by molar-refractivity contribution is 0.0943. The maximum Gasteiger partial charge on any atom is 0.263 e. The monoisotopic (exact) mass is 564 g/mol. The first-order valence-electron chi connectivity index (χ1n) is 11.8. The Morgan fingerprint density at radius 3 is 2.42 bits per heavy atom. The number of amides is 2. The van der Waals surface area contributed by atoms with Crippen molar-refractivity contribution in [2.45, 2.75) is 47.1 Å². The second-order valence-corrected chi connectivity index (χ2v) is 10.9. The lowest BCUT2D eigenvalue weighted by Gasteiger charge is -2.16. The average molecular weight is 566 g/mol. The van der Waals surface area contributed by atoms with Gasteiger partial charge in [-0.05, 0) is 63.4 Å². The van der Waals surface area contributed by atoms with Crippen LogP contribution in [0, 0.1) is 20.8 Å². The van der Waals surface area contributed by atoms with Crippen molar-refractivity contribution in [2.24, 2.45) is 0 Å². The van der Waals surface area contributed by atoms with E-state index in [4.69, 9.17) is 10.7 Å². The number of carbonyl (C=O) groups is 2. The minimum atomic E-state index is -0.275. The Hall–Kier alpha value is -3.23. The molecule has 0 unspecified atom stereocenters. The number of anilines is 2. The fourth-order valence-electron chi connectivity index (χ4n) is 4.15. The van der Waals surface area contributed by atoms with Gasteiger partial charge in [0.05, 0.1) is 16.9 Å². The van der Waals surface area contributed by atoms with Gasteiger partial charge in [0.25, 0.3) is 11.8 Å². The van der Waals surface area contributed by atoms with Gasteiger partial charge < -0.3 is 16.4 Å². The number of nitrogen functional groups attached to an aromatic ring is 1. The number of rotatable bonds is 6. The van der Waals surface area contributed by atoms with Crippen molar-refractivity contribution < 1.29 is 9.59 Å². The van der Waals surface area contributed by atoms with Crippen molar-refractivity contribution in [3.63, 3.8) is 0 Å². The summed E-state index contributed by atoms with van der Waals surface area (Å²) in [6.45, 7) is 9.75. The topological polar surface area (TPSA) is 97.1 Å². The van der Waals surface area contributed by atoms with Crippen LogP contribution < -0.4 is 16.4 Å². The Kier molecular flexibility index (Phi) is 7.47. The zero-order valence-corrected chi connectivity index (χ0v) is 23.4. The molecule has 0 bridgehead atoms. The van der Waals surface area contributed by atoms with Crippen LogP contribution in [0.5, 0.6) is 0 Å². The molecular weight excluding hydrogens is 536 g/mol. The number of carbonyl (C=O) groups excluding carboxylic acids is 2. The minimum absolute atomic E-state index is 0.0156. The third-order valence-electron chi connectivity index (χ3n) is 6.24. The predicted molar refractivity (Wildman–Crippen MR) is 153 cm³/mol. The summed E-state index contributed by atoms with van der Waals surface area (Å²) in [4.78, 5) is 32.5. The van der Waals surface area contributed by atoms with E-state index in [1.54, 1.807) is 0 Å². The number of nitrogens with zero attached hydrogens (tertiary/aromatic N) is 1. The molecular formula is C28H29BrN4O2S. The number of nitrogens with two attached hydrogens (primary N) is 1. The van der Waals surface area contributed by atoms with Gasteiger partial charge in [0, 0.05) is 27.2 Å². The van der Waals surface area contributed by atoms with Gasteiger partial charge in [0.1, 0.15) is 9.71 Å². The van der Waals surface area contributed by atoms with E-state index >= 15 is 0 Å². The third kappa shape index (κ3) is 5.01. The van der Waals surface area contributed by atoms with Gasteiger partial charge in [0.2, 0.25) is 0 Å². The van der Waals surface area contributed by atoms with E-state index in [1.165, 1.54) is 11.3 Å². The molecule has 2 aromatic carbocycles. The number of aryl methyl sites for hydroxylation is 3. The zero-order chi connectivity index (χ0) is 26.1. The largest absolute Gasteiger partial charge is 0.397 e. The maximum absolute atomic E-state index is 13.7. The van der Waals surface area contributed by atoms with E-state index < -0.39 is 0 Å². The Bertz CT molecular complexity index is 1480. The summed E-state index contributed by atoms with van der Waals surface area (Å²) in [7, 11) is 0. The molecule has 4 aromatic rings. The van der Waals surface area contributed by atoms with Gasteiger partial charge >= 0.3 is 0 Å². The molecule has 4 rings (SSSR count). The Balaban J connectivity index is 1.93. The summed E-state index contributed by atoms with van der Waals surface area (Å²) in [6, 6.07) is 13.6. The molecule has 0 saturated heterocycles. The summed E-state index contributed by atoms with van der Waals surface area (Å²) in [6.07, 6.45) is 0.806. The molecule has 0 spiro atoms. The number of pyridine rings is 1. The Labute approximate surface area is 223 Å². The smallest absolute Gasteiger partial charge is 0.263 e. The zero-order valence-electron chi connectivity index (χ0n) is 21.0. The van der Waals surface area contributed by atoms with Gasteiger partial charge in [0.15, 0.2) is 0 Å². The van der Waals surface area contributed by atoms with Crippen LogP contribution >= 0.6 is 27.3 Å². The highest BCUT2D eigenvalue weighted by atomic mass is 79.9. The van der Waals surface area contributed by atoms with Crippen LogP contribution in [0.25, 0.3) is 21.3 Å². The quantitative estimate of drug-likeness (QED) is 0.234. The lowest BCUT2D eigenvalue weighted by Crippen LogP contribution is -2.31. The molecule has 6 nitrogen and oxygen atoms in total. The molecule has 2 aromatic heterocycles. The van der Waals surface area contributed by atoms with E-state index in [9.17, 15) is 9.59 Å². The molecule has 2 heterocycles. The van der Waals surface area contributed by atoms with E-state index in [1.807, 2.05) is 77.1 Å². The average Bonchev–Trinajstić information content (AvgIpc) is 3.16. The Morgan fingerprint density at radius 1 is 1.08 bits per heavy atom. The van der Waals surface area contributed by atoms with Crippen LogP contribution in [0.2, 0.25) is 0 Å². The molecule has 186 valence electrons. The second kappa shape index (κ2) is 10.4. The standard InChI is InChI=1S/C28H29BrN4O2S/c1-6-16(4)31-27(35)25-24(30)23-22(18-8-10-19(29)11-9-18)21(17(5)32-28(23)36-25)26(34)33-20-12-7-14(2)13-15(20)3/h7-13,16H,6,30H2,1-5H3,(H,31,35)(H,33,34)/t16-/m0/s1. The van der Waals surface area contributed by atoms with Crippen LogP contribution in [-0.2, 0) is 0 Å². The maximum atomic E-state index is 13.7. The number of thiophene rings is 1. The lowest BCUT2D eigenvalue weighted by atomic mass is 9.94. The van der Waals surface area contributed by atoms with Crippen molar-refractivity contribution in [2.75, 3.05) is 11.1 Å². The van der Waals surface area contributed by atoms with E-state index in [0.29, 0.717) is 37.6 Å². The fourth-order valence-corrected chi connectivity index (χ4v) is 5.47. The Morgan fingerprint density at radius 2 is 1.78 bits per heavy atom. The fraction of sp³-hybridized carbons (Fsp3) is 0.250. The van der Waals surface area contributed by atoms with Crippen molar-refractivity contribution >= 4 is 60.7 Å². The van der Waals surface area contributed by atoms with Crippen molar-refractivity contribution in [3.8, 4) is 11.1 Å². The molecule has 0 radical (unpaired) electrons. The summed E-state index contributed by atoms with van der Waals surface area (Å²) in [5.41, 5.74) is 12.3. The summed E-state index contributed by atoms with van der Waals surface area (Å²) in [5, 5.41) is 6.67. The first-order chi connectivity index (χ1) is 17.1. The number of hydrogen-bond donors (Lipinski definition) is 3. The number of halogens is 1. The van der Waals surface area contributed by atoms with Crippen molar-refractivity contribution in [1.29, 1.82) is 0 Å². The normalized spacial score (nSPS) is 11.9. The molecule has 0 aliphatic carbocycles. The highest BCUT2D eigenvalue weighted by Crippen LogP contribution is 2.42. The molecule has 0 aliphatic rings. The van der Waals surface area contributed by atoms with E-state index in [2.05, 4.69) is 26.6 Å². The molecule has 0 aliphatic heterocycles. The van der Waals surface area contributed by atoms with Gasteiger partial charge in [-0.1, -0.05) is 52.7 Å². The first-order valence-corrected chi connectivity index (χ1v) is 13.4. The third-order valence-corrected chi connectivity index (χ3v) is 7.87. The molecule has 2 amide bonds. The predicted octanol–water partition coefficient (Wildman–Crippen LogP) is 7.01. The highest BCUT2D eigenvalue weighted by molar-refractivity contribution is 9.10. The van der Waals surface area contributed by atoms with E-state index in [-0.39, 0.29) is 17.9 Å². The van der Waals surface area contributed by atoms with Gasteiger partial charge in [-0.15, -0.1) is 11.3 Å². The molecule has 36 heavy (non-hydrogen) atoms. The van der Waals surface area contributed by atoms with Crippen molar-refractivity contribution in [3.05, 3.63) is 74.2 Å². The SMILES string of the molecule is CC[C@H](C)NC(=O)c1sc2nc(C)c(C(=O)Nc3ccc(C)cc3C)c(-c3ccc(Br)cc3)c2c1N. The van der Waals surface area contributed by atoms with Crippen LogP contribution in [0.1, 0.15) is 57.1 Å². The van der Waals surface area contributed by atoms with Crippen LogP contribution in [-0.4, -0.2) is 22.8 Å². The number of benzene rings is 2. The second-order valence-electron chi connectivity index (χ2n) is 9.03. The van der Waals surface area contributed by atoms with Gasteiger partial charge in [-0.3, -0.25) is 9.59 Å². The summed E-state index contributed by atoms with van der Waals surface area (Å²) >= 11 is 4.74. The number of aromatic nitrogens is 1. The molecule has 1 atom stereocenters. The number of fused-ring (bicyclic) bond motifs is 1. The summed E-state index contributed by atoms with van der Waals surface area (Å²) in [5.74, 6) is -0.506. The number of hydrogen-bond acceptors (Lipinski definition) is 5. The van der Waals surface area contributed by atoms with Crippen LogP contribution in [0.3, 0.4) is 0 Å². The number of nitrogens with one attached hydrogen (secondary N) is 2. The molecule has 0 saturated carbocycles. The van der Waals surface area contributed by atoms with Crippen molar-refractivity contribution in [1.82, 2.24) is 10.3 Å². The highest BCUT2D eigenvalue weighted by Gasteiger charge is 2.27. The van der Waals surface area contributed by atoms with Crippen LogP contribution in [0.15, 0.2) is 46.9 Å². The van der Waals surface area contributed by atoms with Crippen LogP contribution in [0.4, 0.5) is 11.4 Å². The summed E-state index contributed by atoms with van der Waals surface area (Å²) < 4.78 is 0.918. The van der Waals surface area contributed by atoms with E-state index in [0.717, 1.165) is 33.3 Å². The minimum Gasteiger partial charge on any atom is -0.397 e. The molecule has 8 heteroatoms.